The van der Waals surface area contributed by atoms with E-state index < -0.39 is 0 Å². The number of anilines is 1. The lowest BCUT2D eigenvalue weighted by Crippen LogP contribution is -2.13. The van der Waals surface area contributed by atoms with E-state index >= 15 is 0 Å². The van der Waals surface area contributed by atoms with Crippen LogP contribution in [-0.2, 0) is 11.3 Å². The van der Waals surface area contributed by atoms with E-state index in [0.717, 1.165) is 22.8 Å². The molecule has 0 radical (unpaired) electrons. The van der Waals surface area contributed by atoms with Crippen LogP contribution >= 0.6 is 11.8 Å². The smallest absolute Gasteiger partial charge is 0.224 e. The fourth-order valence-corrected chi connectivity index (χ4v) is 2.57. The zero-order valence-corrected chi connectivity index (χ0v) is 12.3. The van der Waals surface area contributed by atoms with Gasteiger partial charge in [0.1, 0.15) is 12.7 Å². The number of aromatic nitrogens is 3. The topological polar surface area (TPSA) is 59.8 Å². The van der Waals surface area contributed by atoms with E-state index in [1.165, 1.54) is 6.33 Å². The second-order valence-corrected chi connectivity index (χ2v) is 5.55. The molecule has 0 saturated heterocycles. The largest absolute Gasteiger partial charge is 0.325 e. The molecule has 2 rings (SSSR count). The van der Waals surface area contributed by atoms with E-state index in [1.807, 2.05) is 24.3 Å². The number of nitrogens with one attached hydrogen (secondary N) is 1. The first-order valence-corrected chi connectivity index (χ1v) is 7.62. The van der Waals surface area contributed by atoms with Crippen molar-refractivity contribution in [2.24, 2.45) is 0 Å². The molecule has 1 aromatic heterocycles. The first-order valence-electron chi connectivity index (χ1n) is 6.63. The van der Waals surface area contributed by atoms with Gasteiger partial charge in [0.2, 0.25) is 5.91 Å². The molecular weight excluding hydrogens is 272 g/mol. The fourth-order valence-electron chi connectivity index (χ4n) is 1.81. The summed E-state index contributed by atoms with van der Waals surface area (Å²) in [5, 5.41) is 6.98. The van der Waals surface area contributed by atoms with Crippen molar-refractivity contribution < 1.29 is 4.79 Å². The van der Waals surface area contributed by atoms with Crippen LogP contribution in [0.25, 0.3) is 0 Å². The highest BCUT2D eigenvalue weighted by Gasteiger charge is 2.06. The van der Waals surface area contributed by atoms with Gasteiger partial charge in [0.15, 0.2) is 0 Å². The van der Waals surface area contributed by atoms with Gasteiger partial charge in [-0.25, -0.2) is 4.98 Å². The third-order valence-corrected chi connectivity index (χ3v) is 3.67. The molecule has 0 aliphatic heterocycles. The molecule has 0 fully saturated rings. The van der Waals surface area contributed by atoms with Gasteiger partial charge in [-0.05, 0) is 24.3 Å². The van der Waals surface area contributed by atoms with Crippen LogP contribution in [0.4, 0.5) is 5.69 Å². The number of carbonyl (C=O) groups is 1. The van der Waals surface area contributed by atoms with Gasteiger partial charge >= 0.3 is 0 Å². The van der Waals surface area contributed by atoms with Crippen molar-refractivity contribution in [2.75, 3.05) is 11.1 Å². The first-order chi connectivity index (χ1) is 9.79. The van der Waals surface area contributed by atoms with E-state index in [0.29, 0.717) is 13.0 Å². The lowest BCUT2D eigenvalue weighted by atomic mass is 10.2. The number of carbonyl (C=O) groups excluding carboxylic acids is 1. The molecular formula is C14H18N4OS. The molecule has 0 unspecified atom stereocenters. The Bertz CT molecular complexity index is 542. The van der Waals surface area contributed by atoms with Gasteiger partial charge < -0.3 is 5.32 Å². The third-order valence-electron chi connectivity index (χ3n) is 2.72. The Morgan fingerprint density at radius 1 is 1.40 bits per heavy atom. The number of hydrogen-bond donors (Lipinski definition) is 1. The zero-order valence-electron chi connectivity index (χ0n) is 11.5. The summed E-state index contributed by atoms with van der Waals surface area (Å²) in [5.74, 6) is 1.02. The molecule has 0 aliphatic carbocycles. The van der Waals surface area contributed by atoms with Crippen LogP contribution in [0, 0.1) is 0 Å². The quantitative estimate of drug-likeness (QED) is 0.797. The van der Waals surface area contributed by atoms with Gasteiger partial charge in [0.25, 0.3) is 0 Å². The van der Waals surface area contributed by atoms with Crippen LogP contribution in [0.2, 0.25) is 0 Å². The molecule has 2 aromatic rings. The summed E-state index contributed by atoms with van der Waals surface area (Å²) in [6, 6.07) is 7.88. The lowest BCUT2D eigenvalue weighted by molar-refractivity contribution is -0.116. The standard InChI is InChI=1S/C14H18N4OS/c1-2-20-13-7-4-3-6-12(13)17-14(19)8-5-9-18-11-15-10-16-18/h3-4,6-7,10-11H,2,5,8-9H2,1H3,(H,17,19). The molecule has 1 heterocycles. The molecule has 1 amide bonds. The van der Waals surface area contributed by atoms with Crippen LogP contribution in [0.1, 0.15) is 19.8 Å². The Labute approximate surface area is 122 Å². The van der Waals surface area contributed by atoms with Gasteiger partial charge in [0.05, 0.1) is 5.69 Å². The van der Waals surface area contributed by atoms with Crippen molar-refractivity contribution in [2.45, 2.75) is 31.2 Å². The SMILES string of the molecule is CCSc1ccccc1NC(=O)CCCn1cncn1. The number of benzene rings is 1. The van der Waals surface area contributed by atoms with Gasteiger partial charge in [-0.1, -0.05) is 19.1 Å². The number of thioether (sulfide) groups is 1. The number of amides is 1. The minimum absolute atomic E-state index is 0.0364. The Hall–Kier alpha value is -1.82. The molecule has 5 nitrogen and oxygen atoms in total. The number of hydrogen-bond acceptors (Lipinski definition) is 4. The second-order valence-electron chi connectivity index (χ2n) is 4.24. The van der Waals surface area contributed by atoms with Gasteiger partial charge in [-0.15, -0.1) is 11.8 Å². The molecule has 0 bridgehead atoms. The van der Waals surface area contributed by atoms with Crippen molar-refractivity contribution in [3.05, 3.63) is 36.9 Å². The summed E-state index contributed by atoms with van der Waals surface area (Å²) in [4.78, 5) is 16.9. The third kappa shape index (κ3) is 4.38. The first kappa shape index (κ1) is 14.6. The van der Waals surface area contributed by atoms with Crippen molar-refractivity contribution >= 4 is 23.4 Å². The van der Waals surface area contributed by atoms with Crippen molar-refractivity contribution in [1.82, 2.24) is 14.8 Å². The van der Waals surface area contributed by atoms with E-state index in [4.69, 9.17) is 0 Å². The maximum absolute atomic E-state index is 11.9. The average Bonchev–Trinajstić information content (AvgIpc) is 2.94. The number of nitrogens with zero attached hydrogens (tertiary/aromatic N) is 3. The highest BCUT2D eigenvalue weighted by atomic mass is 32.2. The zero-order chi connectivity index (χ0) is 14.2. The minimum Gasteiger partial charge on any atom is -0.325 e. The Morgan fingerprint density at radius 3 is 3.00 bits per heavy atom. The van der Waals surface area contributed by atoms with Gasteiger partial charge in [-0.2, -0.15) is 5.10 Å². The van der Waals surface area contributed by atoms with Crippen LogP contribution in [0.3, 0.4) is 0 Å². The molecule has 1 aromatic carbocycles. The summed E-state index contributed by atoms with van der Waals surface area (Å²) in [5.41, 5.74) is 0.894. The Kier molecular flexibility index (Phi) is 5.61. The summed E-state index contributed by atoms with van der Waals surface area (Å²) >= 11 is 1.73. The van der Waals surface area contributed by atoms with Gasteiger partial charge in [-0.3, -0.25) is 9.48 Å². The molecule has 0 spiro atoms. The van der Waals surface area contributed by atoms with Crippen molar-refractivity contribution in [3.63, 3.8) is 0 Å². The number of para-hydroxylation sites is 1. The number of aryl methyl sites for hydroxylation is 1. The van der Waals surface area contributed by atoms with Crippen LogP contribution in [0.5, 0.6) is 0 Å². The van der Waals surface area contributed by atoms with Crippen LogP contribution < -0.4 is 5.32 Å². The molecule has 1 N–H and O–H groups in total. The maximum Gasteiger partial charge on any atom is 0.224 e. The maximum atomic E-state index is 11.9. The minimum atomic E-state index is 0.0364. The molecule has 20 heavy (non-hydrogen) atoms. The molecule has 0 atom stereocenters. The highest BCUT2D eigenvalue weighted by molar-refractivity contribution is 7.99. The molecule has 0 aliphatic rings. The van der Waals surface area contributed by atoms with Crippen molar-refractivity contribution in [3.8, 4) is 0 Å². The lowest BCUT2D eigenvalue weighted by Gasteiger charge is -2.09. The predicted molar refractivity (Wildman–Crippen MR) is 80.7 cm³/mol. The monoisotopic (exact) mass is 290 g/mol. The van der Waals surface area contributed by atoms with Crippen molar-refractivity contribution in [1.29, 1.82) is 0 Å². The summed E-state index contributed by atoms with van der Waals surface area (Å²) in [7, 11) is 0. The summed E-state index contributed by atoms with van der Waals surface area (Å²) < 4.78 is 1.73. The van der Waals surface area contributed by atoms with Crippen LogP contribution in [-0.4, -0.2) is 26.4 Å². The van der Waals surface area contributed by atoms with E-state index in [-0.39, 0.29) is 5.91 Å². The highest BCUT2D eigenvalue weighted by Crippen LogP contribution is 2.26. The van der Waals surface area contributed by atoms with E-state index in [9.17, 15) is 4.79 Å². The summed E-state index contributed by atoms with van der Waals surface area (Å²) in [6.45, 7) is 2.81. The molecule has 6 heteroatoms. The molecule has 0 saturated carbocycles. The fraction of sp³-hybridized carbons (Fsp3) is 0.357. The van der Waals surface area contributed by atoms with E-state index in [1.54, 1.807) is 22.8 Å². The Balaban J connectivity index is 1.82. The van der Waals surface area contributed by atoms with Crippen LogP contribution in [0.15, 0.2) is 41.8 Å². The van der Waals surface area contributed by atoms with E-state index in [2.05, 4.69) is 22.3 Å². The Morgan fingerprint density at radius 2 is 2.25 bits per heavy atom. The summed E-state index contributed by atoms with van der Waals surface area (Å²) in [6.07, 6.45) is 4.38. The second kappa shape index (κ2) is 7.69. The normalized spacial score (nSPS) is 10.4. The average molecular weight is 290 g/mol. The number of rotatable bonds is 7. The predicted octanol–water partition coefficient (Wildman–Crippen LogP) is 2.81. The molecule has 106 valence electrons. The van der Waals surface area contributed by atoms with Gasteiger partial charge in [0, 0.05) is 17.9 Å².